The number of piperidine rings is 1. The Morgan fingerprint density at radius 2 is 1.80 bits per heavy atom. The Hall–Kier alpha value is -1.11. The van der Waals surface area contributed by atoms with E-state index in [4.69, 9.17) is 4.74 Å². The quantitative estimate of drug-likeness (QED) is 0.808. The standard InChI is InChI=1S/C19H32N2O3S/c1-7-10-24-17-9-8-16(11-14(17)2)25(22,23)20-15-12-18(3,4)21-19(5,6)13-15/h8-9,11,15,20-21H,7,10,12-13H2,1-6H3/p+1. The Bertz CT molecular complexity index is 695. The monoisotopic (exact) mass is 369 g/mol. The third kappa shape index (κ3) is 5.43. The highest BCUT2D eigenvalue weighted by atomic mass is 32.2. The van der Waals surface area contributed by atoms with Crippen molar-refractivity contribution >= 4 is 10.0 Å². The maximum absolute atomic E-state index is 12.8. The van der Waals surface area contributed by atoms with Gasteiger partial charge in [0.05, 0.1) is 22.6 Å². The molecule has 0 amide bonds. The number of hydrogen-bond acceptors (Lipinski definition) is 3. The van der Waals surface area contributed by atoms with Crippen LogP contribution in [0.2, 0.25) is 0 Å². The fraction of sp³-hybridized carbons (Fsp3) is 0.684. The highest BCUT2D eigenvalue weighted by molar-refractivity contribution is 7.89. The van der Waals surface area contributed by atoms with Crippen LogP contribution >= 0.6 is 0 Å². The minimum Gasteiger partial charge on any atom is -0.493 e. The minimum atomic E-state index is -3.54. The van der Waals surface area contributed by atoms with Crippen LogP contribution in [0.15, 0.2) is 23.1 Å². The smallest absolute Gasteiger partial charge is 0.240 e. The summed E-state index contributed by atoms with van der Waals surface area (Å²) in [6.07, 6.45) is 2.55. The van der Waals surface area contributed by atoms with E-state index in [1.165, 1.54) is 0 Å². The number of sulfonamides is 1. The molecule has 1 aliphatic rings. The summed E-state index contributed by atoms with van der Waals surface area (Å²) in [5.41, 5.74) is 0.875. The SMILES string of the molecule is CCCOc1ccc(S(=O)(=O)NC2CC(C)(C)[NH2+]C(C)(C)C2)cc1C. The van der Waals surface area contributed by atoms with Gasteiger partial charge < -0.3 is 10.1 Å². The summed E-state index contributed by atoms with van der Waals surface area (Å²) in [5.74, 6) is 0.746. The van der Waals surface area contributed by atoms with Crippen LogP contribution in [-0.2, 0) is 10.0 Å². The van der Waals surface area contributed by atoms with Gasteiger partial charge in [-0.25, -0.2) is 13.1 Å². The molecule has 1 fully saturated rings. The lowest BCUT2D eigenvalue weighted by molar-refractivity contribution is -0.787. The predicted molar refractivity (Wildman–Crippen MR) is 100 cm³/mol. The molecule has 0 bridgehead atoms. The Morgan fingerprint density at radius 3 is 2.32 bits per heavy atom. The van der Waals surface area contributed by atoms with Gasteiger partial charge in [0.1, 0.15) is 5.75 Å². The molecule has 1 heterocycles. The molecule has 25 heavy (non-hydrogen) atoms. The van der Waals surface area contributed by atoms with Gasteiger partial charge in [0.25, 0.3) is 0 Å². The van der Waals surface area contributed by atoms with E-state index in [-0.39, 0.29) is 17.1 Å². The molecule has 3 N–H and O–H groups in total. The second-order valence-electron chi connectivity index (χ2n) is 8.62. The van der Waals surface area contributed by atoms with E-state index in [1.807, 2.05) is 13.8 Å². The highest BCUT2D eigenvalue weighted by Gasteiger charge is 2.42. The summed E-state index contributed by atoms with van der Waals surface area (Å²) < 4.78 is 34.2. The van der Waals surface area contributed by atoms with Crippen molar-refractivity contribution in [3.05, 3.63) is 23.8 Å². The summed E-state index contributed by atoms with van der Waals surface area (Å²) in [4.78, 5) is 0.305. The maximum atomic E-state index is 12.8. The molecule has 0 atom stereocenters. The van der Waals surface area contributed by atoms with E-state index in [9.17, 15) is 8.42 Å². The van der Waals surface area contributed by atoms with Crippen molar-refractivity contribution in [2.45, 2.75) is 82.8 Å². The molecule has 142 valence electrons. The molecule has 0 radical (unpaired) electrons. The van der Waals surface area contributed by atoms with Crippen LogP contribution in [0.5, 0.6) is 5.75 Å². The first-order valence-corrected chi connectivity index (χ1v) is 10.6. The molecule has 0 unspecified atom stereocenters. The van der Waals surface area contributed by atoms with Crippen LogP contribution in [0.4, 0.5) is 0 Å². The van der Waals surface area contributed by atoms with Gasteiger partial charge in [-0.1, -0.05) is 6.92 Å². The number of hydrogen-bond donors (Lipinski definition) is 2. The van der Waals surface area contributed by atoms with E-state index in [0.717, 1.165) is 30.6 Å². The Kier molecular flexibility index (Phi) is 5.86. The average Bonchev–Trinajstić information content (AvgIpc) is 2.41. The molecule has 5 nitrogen and oxygen atoms in total. The summed E-state index contributed by atoms with van der Waals surface area (Å²) in [7, 11) is -3.54. The van der Waals surface area contributed by atoms with Gasteiger partial charge in [-0.3, -0.25) is 0 Å². The second kappa shape index (κ2) is 7.25. The molecule has 1 saturated heterocycles. The Morgan fingerprint density at radius 1 is 1.20 bits per heavy atom. The zero-order valence-electron chi connectivity index (χ0n) is 16.3. The molecular weight excluding hydrogens is 336 g/mol. The Labute approximate surface area is 152 Å². The van der Waals surface area contributed by atoms with Gasteiger partial charge in [0.2, 0.25) is 10.0 Å². The zero-order valence-corrected chi connectivity index (χ0v) is 17.2. The molecule has 0 saturated carbocycles. The molecule has 0 spiro atoms. The lowest BCUT2D eigenvalue weighted by atomic mass is 9.80. The van der Waals surface area contributed by atoms with E-state index in [2.05, 4.69) is 37.7 Å². The molecule has 1 aliphatic heterocycles. The maximum Gasteiger partial charge on any atom is 0.240 e. The van der Waals surface area contributed by atoms with Crippen LogP contribution in [0, 0.1) is 6.92 Å². The summed E-state index contributed by atoms with van der Waals surface area (Å²) in [6, 6.07) is 5.02. The van der Waals surface area contributed by atoms with E-state index < -0.39 is 10.0 Å². The van der Waals surface area contributed by atoms with Gasteiger partial charge in [-0.15, -0.1) is 0 Å². The van der Waals surface area contributed by atoms with Gasteiger partial charge in [0.15, 0.2) is 0 Å². The van der Waals surface area contributed by atoms with Crippen LogP contribution in [0.25, 0.3) is 0 Å². The number of aryl methyl sites for hydroxylation is 1. The first-order chi connectivity index (χ1) is 11.4. The van der Waals surface area contributed by atoms with Gasteiger partial charge in [-0.05, 0) is 64.8 Å². The van der Waals surface area contributed by atoms with Crippen LogP contribution in [-0.4, -0.2) is 32.1 Å². The summed E-state index contributed by atoms with van der Waals surface area (Å²) in [6.45, 7) is 13.2. The van der Waals surface area contributed by atoms with Gasteiger partial charge >= 0.3 is 0 Å². The first kappa shape index (κ1) is 20.2. The number of rotatable bonds is 6. The van der Waals surface area contributed by atoms with E-state index >= 15 is 0 Å². The van der Waals surface area contributed by atoms with Crippen molar-refractivity contribution in [1.29, 1.82) is 0 Å². The normalized spacial score (nSPS) is 20.4. The van der Waals surface area contributed by atoms with Crippen LogP contribution in [0.3, 0.4) is 0 Å². The first-order valence-electron chi connectivity index (χ1n) is 9.07. The molecule has 1 aromatic rings. The molecule has 0 aromatic heterocycles. The van der Waals surface area contributed by atoms with Crippen molar-refractivity contribution in [2.75, 3.05) is 6.61 Å². The van der Waals surface area contributed by atoms with Gasteiger partial charge in [-0.2, -0.15) is 0 Å². The fourth-order valence-electron chi connectivity index (χ4n) is 4.05. The summed E-state index contributed by atoms with van der Waals surface area (Å²) >= 11 is 0. The molecule has 2 rings (SSSR count). The lowest BCUT2D eigenvalue weighted by Crippen LogP contribution is -3.06. The number of ether oxygens (including phenoxy) is 1. The van der Waals surface area contributed by atoms with E-state index in [1.54, 1.807) is 18.2 Å². The van der Waals surface area contributed by atoms with Crippen molar-refractivity contribution in [3.63, 3.8) is 0 Å². The largest absolute Gasteiger partial charge is 0.493 e. The van der Waals surface area contributed by atoms with Crippen molar-refractivity contribution in [3.8, 4) is 5.75 Å². The van der Waals surface area contributed by atoms with Crippen molar-refractivity contribution in [1.82, 2.24) is 4.72 Å². The molecule has 6 heteroatoms. The zero-order chi connectivity index (χ0) is 18.9. The molecular formula is C19H33N2O3S+. The molecule has 1 aromatic carbocycles. The molecule has 0 aliphatic carbocycles. The van der Waals surface area contributed by atoms with E-state index in [0.29, 0.717) is 11.5 Å². The van der Waals surface area contributed by atoms with Crippen LogP contribution < -0.4 is 14.8 Å². The highest BCUT2D eigenvalue weighted by Crippen LogP contribution is 2.25. The number of nitrogens with one attached hydrogen (secondary N) is 1. The minimum absolute atomic E-state index is 0.0166. The van der Waals surface area contributed by atoms with Gasteiger partial charge in [0, 0.05) is 18.9 Å². The summed E-state index contributed by atoms with van der Waals surface area (Å²) in [5, 5.41) is 2.34. The third-order valence-electron chi connectivity index (χ3n) is 4.57. The lowest BCUT2D eigenvalue weighted by Gasteiger charge is -2.43. The Balaban J connectivity index is 2.17. The van der Waals surface area contributed by atoms with Crippen LogP contribution in [0.1, 0.15) is 59.4 Å². The predicted octanol–water partition coefficient (Wildman–Crippen LogP) is 2.35. The van der Waals surface area contributed by atoms with Crippen molar-refractivity contribution in [2.24, 2.45) is 0 Å². The fourth-order valence-corrected chi connectivity index (χ4v) is 5.37. The number of quaternary nitrogens is 1. The second-order valence-corrected chi connectivity index (χ2v) is 10.3. The number of benzene rings is 1. The van der Waals surface area contributed by atoms with Crippen molar-refractivity contribution < 1.29 is 18.5 Å². The number of nitrogens with two attached hydrogens (primary N) is 1. The third-order valence-corrected chi connectivity index (χ3v) is 6.08. The average molecular weight is 370 g/mol. The topological polar surface area (TPSA) is 72.0 Å².